The first-order valence-electron chi connectivity index (χ1n) is 10.4. The van der Waals surface area contributed by atoms with Crippen LogP contribution < -0.4 is 29.6 Å². The molecule has 4 heterocycles. The molecule has 2 aromatic rings. The summed E-state index contributed by atoms with van der Waals surface area (Å²) < 4.78 is 13.9. The molecular weight excluding hydrogens is 408 g/mol. The summed E-state index contributed by atoms with van der Waals surface area (Å²) in [5, 5.41) is 0. The smallest absolute Gasteiger partial charge is 0.374 e. The van der Waals surface area contributed by atoms with E-state index < -0.39 is 5.82 Å². The molecule has 0 saturated carbocycles. The number of rotatable bonds is 5. The third-order valence-corrected chi connectivity index (χ3v) is 6.09. The van der Waals surface area contributed by atoms with E-state index in [-0.39, 0.29) is 58.8 Å². The molecule has 2 aliphatic rings. The number of nitrogens with zero attached hydrogens (tertiary/aromatic N) is 5. The van der Waals surface area contributed by atoms with Gasteiger partial charge in [0.25, 0.3) is 0 Å². The van der Waals surface area contributed by atoms with Gasteiger partial charge in [-0.1, -0.05) is 12.4 Å². The number of piperidine rings is 2. The number of hydrogen-bond donors (Lipinski definition) is 0. The van der Waals surface area contributed by atoms with Crippen LogP contribution in [0.2, 0.25) is 0 Å². The van der Waals surface area contributed by atoms with Gasteiger partial charge in [0.05, 0.1) is 0 Å². The predicted molar refractivity (Wildman–Crippen MR) is 107 cm³/mol. The number of Topliss-reactive ketones (excluding diaryl/α,β-unsaturated/α-hetero) is 1. The standard InChI is InChI=1S/C22H25FN5O2.Na/c23-19-2-1-7-26-20(19)21(29)17-5-10-28(11-6-17)22(30)18-3-8-27(9-4-18)14-16-12-24-15-25-13-16;/h1-2,7,12-13,17-18H,3-6,8-11,14H2;/q-1;+1. The minimum absolute atomic E-state index is 0. The van der Waals surface area contributed by atoms with E-state index in [1.54, 1.807) is 12.4 Å². The van der Waals surface area contributed by atoms with Gasteiger partial charge >= 0.3 is 29.6 Å². The zero-order valence-electron chi connectivity index (χ0n) is 17.8. The second kappa shape index (κ2) is 11.2. The van der Waals surface area contributed by atoms with Gasteiger partial charge in [0.2, 0.25) is 5.91 Å². The van der Waals surface area contributed by atoms with Crippen molar-refractivity contribution in [1.29, 1.82) is 0 Å². The van der Waals surface area contributed by atoms with Gasteiger partial charge in [-0.15, -0.1) is 5.56 Å². The molecule has 2 aromatic heterocycles. The van der Waals surface area contributed by atoms with Crippen molar-refractivity contribution in [2.75, 3.05) is 26.2 Å². The van der Waals surface area contributed by atoms with Crippen LogP contribution in [0.5, 0.6) is 0 Å². The fourth-order valence-corrected chi connectivity index (χ4v) is 4.35. The summed E-state index contributed by atoms with van der Waals surface area (Å²) in [6.07, 6.45) is 10.3. The van der Waals surface area contributed by atoms with E-state index in [2.05, 4.69) is 26.2 Å². The van der Waals surface area contributed by atoms with Gasteiger partial charge in [-0.05, 0) is 50.9 Å². The third-order valence-electron chi connectivity index (χ3n) is 6.09. The molecule has 0 aliphatic carbocycles. The molecule has 2 saturated heterocycles. The van der Waals surface area contributed by atoms with Crippen molar-refractivity contribution < 1.29 is 43.5 Å². The number of pyridine rings is 1. The summed E-state index contributed by atoms with van der Waals surface area (Å²) in [7, 11) is 0. The summed E-state index contributed by atoms with van der Waals surface area (Å²) in [6, 6.07) is 2.74. The van der Waals surface area contributed by atoms with Gasteiger partial charge in [-0.25, -0.2) is 4.39 Å². The van der Waals surface area contributed by atoms with Crippen LogP contribution in [0.1, 0.15) is 41.7 Å². The Kier molecular flexibility index (Phi) is 8.66. The van der Waals surface area contributed by atoms with Crippen LogP contribution >= 0.6 is 0 Å². The number of carbonyl (C=O) groups excluding carboxylic acids is 2. The first-order valence-corrected chi connectivity index (χ1v) is 10.4. The van der Waals surface area contributed by atoms with Crippen molar-refractivity contribution in [3.63, 3.8) is 0 Å². The van der Waals surface area contributed by atoms with Crippen molar-refractivity contribution >= 4 is 11.7 Å². The molecule has 2 fully saturated rings. The predicted octanol–water partition coefficient (Wildman–Crippen LogP) is -0.852. The van der Waals surface area contributed by atoms with Crippen LogP contribution in [0, 0.1) is 24.0 Å². The average molecular weight is 433 g/mol. The molecule has 0 unspecified atom stereocenters. The van der Waals surface area contributed by atoms with Gasteiger partial charge in [0.1, 0.15) is 5.69 Å². The Morgan fingerprint density at radius 2 is 1.68 bits per heavy atom. The number of hydrogen-bond acceptors (Lipinski definition) is 6. The maximum atomic E-state index is 13.9. The van der Waals surface area contributed by atoms with Crippen LogP contribution in [0.15, 0.2) is 30.7 Å². The van der Waals surface area contributed by atoms with Gasteiger partial charge in [0.15, 0.2) is 11.6 Å². The molecule has 0 aromatic carbocycles. The molecule has 0 radical (unpaired) electrons. The maximum Gasteiger partial charge on any atom is 1.00 e. The van der Waals surface area contributed by atoms with Crippen molar-refractivity contribution in [3.05, 3.63) is 54.1 Å². The Balaban J connectivity index is 0.00000272. The number of aromatic nitrogens is 3. The van der Waals surface area contributed by atoms with E-state index in [1.807, 2.05) is 4.90 Å². The molecule has 9 heteroatoms. The van der Waals surface area contributed by atoms with Crippen molar-refractivity contribution in [2.24, 2.45) is 11.8 Å². The van der Waals surface area contributed by atoms with Crippen LogP contribution in [-0.4, -0.2) is 62.6 Å². The van der Waals surface area contributed by atoms with Crippen LogP contribution in [0.4, 0.5) is 4.39 Å². The second-order valence-corrected chi connectivity index (χ2v) is 8.04. The molecule has 31 heavy (non-hydrogen) atoms. The summed E-state index contributed by atoms with van der Waals surface area (Å²) >= 11 is 0. The Morgan fingerprint density at radius 3 is 2.32 bits per heavy atom. The normalized spacial score (nSPS) is 18.4. The van der Waals surface area contributed by atoms with Crippen LogP contribution in [-0.2, 0) is 11.3 Å². The molecule has 0 spiro atoms. The number of ketones is 1. The molecule has 0 atom stereocenters. The topological polar surface area (TPSA) is 79.3 Å². The van der Waals surface area contributed by atoms with Crippen molar-refractivity contribution in [1.82, 2.24) is 24.8 Å². The zero-order chi connectivity index (χ0) is 20.9. The van der Waals surface area contributed by atoms with Crippen molar-refractivity contribution in [2.45, 2.75) is 32.2 Å². The summed E-state index contributed by atoms with van der Waals surface area (Å²) in [4.78, 5) is 41.4. The average Bonchev–Trinajstić information content (AvgIpc) is 2.80. The number of carbonyl (C=O) groups is 2. The summed E-state index contributed by atoms with van der Waals surface area (Å²) in [5.74, 6) is -0.890. The minimum Gasteiger partial charge on any atom is -0.374 e. The van der Waals surface area contributed by atoms with E-state index in [0.717, 1.165) is 38.0 Å². The van der Waals surface area contributed by atoms with Crippen LogP contribution in [0.3, 0.4) is 0 Å². The van der Waals surface area contributed by atoms with E-state index in [1.165, 1.54) is 18.3 Å². The second-order valence-electron chi connectivity index (χ2n) is 8.04. The number of likely N-dealkylation sites (tertiary alicyclic amines) is 2. The van der Waals surface area contributed by atoms with Crippen molar-refractivity contribution in [3.8, 4) is 0 Å². The van der Waals surface area contributed by atoms with E-state index in [0.29, 0.717) is 25.9 Å². The molecule has 7 nitrogen and oxygen atoms in total. The summed E-state index contributed by atoms with van der Waals surface area (Å²) in [5.41, 5.74) is 0.964. The van der Waals surface area contributed by atoms with Gasteiger partial charge in [0, 0.05) is 44.0 Å². The maximum absolute atomic E-state index is 13.9. The third kappa shape index (κ3) is 5.94. The quantitative estimate of drug-likeness (QED) is 0.347. The minimum atomic E-state index is -0.576. The fraction of sp³-hybridized carbons (Fsp3) is 0.500. The van der Waals surface area contributed by atoms with Gasteiger partial charge in [-0.2, -0.15) is 0 Å². The van der Waals surface area contributed by atoms with Gasteiger partial charge in [-0.3, -0.25) is 14.6 Å². The Bertz CT molecular complexity index is 884. The molecule has 1 amide bonds. The molecule has 0 bridgehead atoms. The number of amides is 1. The Labute approximate surface area is 203 Å². The Hall–Kier alpha value is -1.74. The SMILES string of the molecule is O=C(c1ncccc1F)C1CCN(C(=O)C2CCN(Cc3cn[c-]nc3)CC2)CC1.[Na+]. The van der Waals surface area contributed by atoms with Crippen LogP contribution in [0.25, 0.3) is 0 Å². The number of halogens is 1. The first-order chi connectivity index (χ1) is 14.6. The summed E-state index contributed by atoms with van der Waals surface area (Å²) in [6.45, 7) is 3.60. The molecule has 0 N–H and O–H groups in total. The molecular formula is C22H25FN5NaO2. The van der Waals surface area contributed by atoms with E-state index >= 15 is 0 Å². The molecule has 2 aliphatic heterocycles. The van der Waals surface area contributed by atoms with E-state index in [9.17, 15) is 14.0 Å². The molecule has 158 valence electrons. The molecule has 4 rings (SSSR count). The zero-order valence-corrected chi connectivity index (χ0v) is 19.8. The largest absolute Gasteiger partial charge is 1.00 e. The monoisotopic (exact) mass is 433 g/mol. The first kappa shape index (κ1) is 23.9. The van der Waals surface area contributed by atoms with Gasteiger partial charge < -0.3 is 19.8 Å². The Morgan fingerprint density at radius 1 is 1.03 bits per heavy atom. The van der Waals surface area contributed by atoms with E-state index in [4.69, 9.17) is 0 Å². The fourth-order valence-electron chi connectivity index (χ4n) is 4.35.